The van der Waals surface area contributed by atoms with E-state index in [4.69, 9.17) is 39.5 Å². The van der Waals surface area contributed by atoms with Gasteiger partial charge in [-0.3, -0.25) is 4.79 Å². The Hall–Kier alpha value is -0.450. The number of hydrogen-bond acceptors (Lipinski definition) is 4. The third-order valence-electron chi connectivity index (χ3n) is 2.52. The highest BCUT2D eigenvalue weighted by Crippen LogP contribution is 2.30. The average Bonchev–Trinajstić information content (AvgIpc) is 2.34. The van der Waals surface area contributed by atoms with Crippen molar-refractivity contribution in [2.45, 2.75) is 23.1 Å². The molecule has 0 aromatic rings. The Morgan fingerprint density at radius 1 is 1.44 bits per heavy atom. The zero-order valence-electron chi connectivity index (χ0n) is 9.75. The second kappa shape index (κ2) is 6.64. The molecule has 1 aliphatic carbocycles. The number of methoxy groups -OCH3 is 1. The van der Waals surface area contributed by atoms with Crippen LogP contribution in [-0.4, -0.2) is 29.4 Å². The molecule has 102 valence electrons. The van der Waals surface area contributed by atoms with Crippen LogP contribution in [0.5, 0.6) is 0 Å². The summed E-state index contributed by atoms with van der Waals surface area (Å²) in [6, 6.07) is 0. The van der Waals surface area contributed by atoms with Crippen molar-refractivity contribution < 1.29 is 19.1 Å². The molecule has 1 atom stereocenters. The summed E-state index contributed by atoms with van der Waals surface area (Å²) in [5.41, 5.74) is 0.318. The lowest BCUT2D eigenvalue weighted by molar-refractivity contribution is -0.150. The number of carbonyl (C=O) groups is 2. The van der Waals surface area contributed by atoms with Crippen LogP contribution in [0.15, 0.2) is 11.6 Å². The summed E-state index contributed by atoms with van der Waals surface area (Å²) in [5, 5.41) is 0. The van der Waals surface area contributed by atoms with Crippen LogP contribution in [0, 0.1) is 5.92 Å². The van der Waals surface area contributed by atoms with E-state index in [-0.39, 0.29) is 6.61 Å². The lowest BCUT2D eigenvalue weighted by Crippen LogP contribution is -2.29. The molecule has 0 N–H and O–H groups in total. The van der Waals surface area contributed by atoms with Gasteiger partial charge in [0, 0.05) is 5.57 Å². The van der Waals surface area contributed by atoms with E-state index in [2.05, 4.69) is 4.74 Å². The quantitative estimate of drug-likeness (QED) is 0.593. The van der Waals surface area contributed by atoms with Gasteiger partial charge in [-0.05, 0) is 19.3 Å². The van der Waals surface area contributed by atoms with Gasteiger partial charge in [0.15, 0.2) is 0 Å². The zero-order chi connectivity index (χ0) is 13.8. The molecule has 0 aliphatic heterocycles. The maximum atomic E-state index is 11.8. The molecule has 0 heterocycles. The third-order valence-corrected chi connectivity index (χ3v) is 2.85. The number of alkyl halides is 3. The van der Waals surface area contributed by atoms with Crippen molar-refractivity contribution >= 4 is 46.7 Å². The van der Waals surface area contributed by atoms with Gasteiger partial charge in [-0.15, -0.1) is 0 Å². The molecule has 7 heteroatoms. The number of carbonyl (C=O) groups excluding carboxylic acids is 2. The number of ether oxygens (including phenoxy) is 2. The highest BCUT2D eigenvalue weighted by molar-refractivity contribution is 6.67. The van der Waals surface area contributed by atoms with Crippen molar-refractivity contribution in [3.8, 4) is 0 Å². The van der Waals surface area contributed by atoms with Gasteiger partial charge in [-0.2, -0.15) is 0 Å². The Balaban J connectivity index is 2.68. The van der Waals surface area contributed by atoms with Gasteiger partial charge < -0.3 is 9.47 Å². The van der Waals surface area contributed by atoms with Crippen LogP contribution in [-0.2, 0) is 19.1 Å². The molecule has 0 amide bonds. The van der Waals surface area contributed by atoms with Crippen molar-refractivity contribution in [2.75, 3.05) is 13.7 Å². The SMILES string of the molecule is COC(=O)C1=CCCC[C@H]1C(=O)OCC(Cl)(Cl)Cl. The van der Waals surface area contributed by atoms with Crippen molar-refractivity contribution in [3.05, 3.63) is 11.6 Å². The molecule has 0 unspecified atom stereocenters. The highest BCUT2D eigenvalue weighted by atomic mass is 35.6. The Bertz CT molecular complexity index is 360. The Labute approximate surface area is 120 Å². The summed E-state index contributed by atoms with van der Waals surface area (Å²) in [7, 11) is 1.27. The molecule has 18 heavy (non-hydrogen) atoms. The number of rotatable bonds is 3. The van der Waals surface area contributed by atoms with Gasteiger partial charge in [0.2, 0.25) is 3.79 Å². The second-order valence-electron chi connectivity index (χ2n) is 3.86. The number of halogens is 3. The van der Waals surface area contributed by atoms with E-state index in [0.29, 0.717) is 12.0 Å². The van der Waals surface area contributed by atoms with E-state index in [1.165, 1.54) is 7.11 Å². The van der Waals surface area contributed by atoms with Crippen molar-refractivity contribution in [1.29, 1.82) is 0 Å². The maximum Gasteiger partial charge on any atom is 0.334 e. The van der Waals surface area contributed by atoms with Gasteiger partial charge in [-0.1, -0.05) is 40.9 Å². The summed E-state index contributed by atoms with van der Waals surface area (Å²) >= 11 is 16.5. The van der Waals surface area contributed by atoms with E-state index in [1.54, 1.807) is 6.08 Å². The van der Waals surface area contributed by atoms with Gasteiger partial charge in [0.1, 0.15) is 6.61 Å². The Kier molecular flexibility index (Phi) is 5.76. The fourth-order valence-corrected chi connectivity index (χ4v) is 1.88. The van der Waals surface area contributed by atoms with Gasteiger partial charge in [0.05, 0.1) is 13.0 Å². The first-order valence-electron chi connectivity index (χ1n) is 5.37. The molecule has 0 fully saturated rings. The van der Waals surface area contributed by atoms with Crippen LogP contribution in [0.4, 0.5) is 0 Å². The second-order valence-corrected chi connectivity index (χ2v) is 6.37. The zero-order valence-corrected chi connectivity index (χ0v) is 12.0. The van der Waals surface area contributed by atoms with E-state index < -0.39 is 21.6 Å². The van der Waals surface area contributed by atoms with Gasteiger partial charge in [0.25, 0.3) is 0 Å². The lowest BCUT2D eigenvalue weighted by atomic mass is 9.88. The molecule has 0 bridgehead atoms. The minimum atomic E-state index is -1.65. The topological polar surface area (TPSA) is 52.6 Å². The Morgan fingerprint density at radius 3 is 2.67 bits per heavy atom. The van der Waals surface area contributed by atoms with Crippen LogP contribution in [0.2, 0.25) is 0 Å². The smallest absolute Gasteiger partial charge is 0.334 e. The maximum absolute atomic E-state index is 11.8. The summed E-state index contributed by atoms with van der Waals surface area (Å²) in [6.45, 7) is -0.346. The molecular formula is C11H13Cl3O4. The average molecular weight is 316 g/mol. The Morgan fingerprint density at radius 2 is 2.11 bits per heavy atom. The minimum absolute atomic E-state index is 0.318. The normalized spacial score (nSPS) is 20.0. The summed E-state index contributed by atoms with van der Waals surface area (Å²) in [6.07, 6.45) is 3.75. The number of hydrogen-bond donors (Lipinski definition) is 0. The van der Waals surface area contributed by atoms with E-state index in [9.17, 15) is 9.59 Å². The molecule has 0 radical (unpaired) electrons. The van der Waals surface area contributed by atoms with Crippen LogP contribution >= 0.6 is 34.8 Å². The van der Waals surface area contributed by atoms with Crippen LogP contribution < -0.4 is 0 Å². The summed E-state index contributed by atoms with van der Waals surface area (Å²) in [4.78, 5) is 23.3. The number of allylic oxidation sites excluding steroid dienone is 1. The molecule has 0 aromatic heterocycles. The largest absolute Gasteiger partial charge is 0.466 e. The number of esters is 2. The fraction of sp³-hybridized carbons (Fsp3) is 0.636. The van der Waals surface area contributed by atoms with Crippen LogP contribution in [0.3, 0.4) is 0 Å². The molecule has 4 nitrogen and oxygen atoms in total. The molecular weight excluding hydrogens is 302 g/mol. The molecule has 0 aromatic carbocycles. The van der Waals surface area contributed by atoms with Gasteiger partial charge >= 0.3 is 11.9 Å². The summed E-state index contributed by atoms with van der Waals surface area (Å²) < 4.78 is 7.86. The van der Waals surface area contributed by atoms with Crippen molar-refractivity contribution in [1.82, 2.24) is 0 Å². The van der Waals surface area contributed by atoms with Crippen molar-refractivity contribution in [2.24, 2.45) is 5.92 Å². The molecule has 1 rings (SSSR count). The predicted molar refractivity (Wildman–Crippen MR) is 68.7 cm³/mol. The summed E-state index contributed by atoms with van der Waals surface area (Å²) in [5.74, 6) is -1.73. The fourth-order valence-electron chi connectivity index (χ4n) is 1.72. The monoisotopic (exact) mass is 314 g/mol. The lowest BCUT2D eigenvalue weighted by Gasteiger charge is -2.22. The molecule has 0 spiro atoms. The molecule has 0 saturated carbocycles. The molecule has 0 saturated heterocycles. The predicted octanol–water partition coefficient (Wildman–Crippen LogP) is 2.80. The molecule has 1 aliphatic rings. The van der Waals surface area contributed by atoms with Crippen molar-refractivity contribution in [3.63, 3.8) is 0 Å². The van der Waals surface area contributed by atoms with E-state index in [0.717, 1.165) is 12.8 Å². The first-order valence-corrected chi connectivity index (χ1v) is 6.50. The van der Waals surface area contributed by atoms with Crippen LogP contribution in [0.25, 0.3) is 0 Å². The van der Waals surface area contributed by atoms with Crippen LogP contribution in [0.1, 0.15) is 19.3 Å². The van der Waals surface area contributed by atoms with E-state index in [1.807, 2.05) is 0 Å². The first kappa shape index (κ1) is 15.6. The van der Waals surface area contributed by atoms with E-state index >= 15 is 0 Å². The standard InChI is InChI=1S/C11H13Cl3O4/c1-17-9(15)7-4-2-3-5-8(7)10(16)18-6-11(12,13)14/h4,8H,2-3,5-6H2,1H3/t8-/m1/s1. The third kappa shape index (κ3) is 4.67. The highest BCUT2D eigenvalue weighted by Gasteiger charge is 2.33. The minimum Gasteiger partial charge on any atom is -0.466 e. The first-order chi connectivity index (χ1) is 8.35. The van der Waals surface area contributed by atoms with Gasteiger partial charge in [-0.25, -0.2) is 4.79 Å².